The number of hydrogen-bond acceptors (Lipinski definition) is 5. The number of aromatic nitrogens is 1. The summed E-state index contributed by atoms with van der Waals surface area (Å²) in [4.78, 5) is 13.1. The van der Waals surface area contributed by atoms with E-state index in [1.165, 1.54) is 7.11 Å². The van der Waals surface area contributed by atoms with Gasteiger partial charge in [-0.2, -0.15) is 0 Å². The Bertz CT molecular complexity index is 662. The van der Waals surface area contributed by atoms with E-state index in [4.69, 9.17) is 14.2 Å². The number of aryl methyl sites for hydroxylation is 1. The number of rotatable bonds is 6. The van der Waals surface area contributed by atoms with Gasteiger partial charge >= 0.3 is 8.25 Å². The number of hydrogen-bond donors (Lipinski definition) is 2. The molecule has 0 fully saturated rings. The van der Waals surface area contributed by atoms with Crippen molar-refractivity contribution in [1.29, 1.82) is 0 Å². The Labute approximate surface area is 129 Å². The molecule has 2 atom stereocenters. The van der Waals surface area contributed by atoms with Crippen molar-refractivity contribution in [3.05, 3.63) is 53.3 Å². The molecule has 0 aliphatic carbocycles. The molecule has 0 saturated heterocycles. The summed E-state index contributed by atoms with van der Waals surface area (Å²) < 4.78 is 21.4. The van der Waals surface area contributed by atoms with Crippen molar-refractivity contribution in [2.24, 2.45) is 0 Å². The van der Waals surface area contributed by atoms with Gasteiger partial charge in [-0.05, 0) is 41.8 Å². The summed E-state index contributed by atoms with van der Waals surface area (Å²) in [6, 6.07) is 6.95. The molecule has 2 aromatic rings. The van der Waals surface area contributed by atoms with Gasteiger partial charge in [0.1, 0.15) is 6.10 Å². The Morgan fingerprint density at radius 2 is 2.18 bits per heavy atom. The number of phenols is 1. The summed E-state index contributed by atoms with van der Waals surface area (Å²) in [7, 11) is -1.32. The Morgan fingerprint density at radius 1 is 1.41 bits per heavy atom. The zero-order valence-corrected chi connectivity index (χ0v) is 13.2. The molecule has 6 nitrogen and oxygen atoms in total. The molecule has 0 saturated carbocycles. The number of methoxy groups -OCH3 is 1. The first kappa shape index (κ1) is 16.4. The molecule has 0 aliphatic heterocycles. The first-order valence-corrected chi connectivity index (χ1v) is 7.73. The lowest BCUT2D eigenvalue weighted by Gasteiger charge is -2.14. The van der Waals surface area contributed by atoms with Crippen molar-refractivity contribution in [2.45, 2.75) is 19.4 Å². The molecular weight excluding hydrogens is 305 g/mol. The lowest BCUT2D eigenvalue weighted by Crippen LogP contribution is -2.05. The fourth-order valence-corrected chi connectivity index (χ4v) is 2.59. The fraction of sp³-hybridized carbons (Fsp3) is 0.267. The van der Waals surface area contributed by atoms with Gasteiger partial charge in [0, 0.05) is 23.4 Å². The second kappa shape index (κ2) is 7.31. The van der Waals surface area contributed by atoms with E-state index in [0.29, 0.717) is 23.3 Å². The molecule has 7 heteroatoms. The van der Waals surface area contributed by atoms with Crippen molar-refractivity contribution in [1.82, 2.24) is 4.98 Å². The van der Waals surface area contributed by atoms with Crippen LogP contribution in [0.5, 0.6) is 11.5 Å². The normalized spacial score (nSPS) is 12.8. The molecule has 0 aliphatic rings. The summed E-state index contributed by atoms with van der Waals surface area (Å²) in [6.07, 6.45) is 3.05. The van der Waals surface area contributed by atoms with Crippen LogP contribution in [-0.4, -0.2) is 22.1 Å². The average molecular weight is 322 g/mol. The number of phenolic OH excluding ortho intramolecular Hbond substituents is 1. The zero-order chi connectivity index (χ0) is 16.1. The molecule has 2 N–H and O–H groups in total. The van der Waals surface area contributed by atoms with E-state index in [1.807, 2.05) is 6.07 Å². The maximum Gasteiger partial charge on any atom is 0.695 e. The van der Waals surface area contributed by atoms with Crippen LogP contribution in [0.4, 0.5) is 0 Å². The van der Waals surface area contributed by atoms with E-state index in [-0.39, 0.29) is 5.75 Å². The minimum absolute atomic E-state index is 0.0414. The zero-order valence-electron chi connectivity index (χ0n) is 12.3. The van der Waals surface area contributed by atoms with Gasteiger partial charge in [0.15, 0.2) is 11.5 Å². The fourth-order valence-electron chi connectivity index (χ4n) is 2.17. The highest BCUT2D eigenvalue weighted by Gasteiger charge is 2.26. The van der Waals surface area contributed by atoms with Crippen LogP contribution < -0.4 is 4.74 Å². The first-order chi connectivity index (χ1) is 10.5. The van der Waals surface area contributed by atoms with Gasteiger partial charge in [-0.15, -0.1) is 9.42 Å². The van der Waals surface area contributed by atoms with E-state index < -0.39 is 14.4 Å². The summed E-state index contributed by atoms with van der Waals surface area (Å²) >= 11 is 0. The summed E-state index contributed by atoms with van der Waals surface area (Å²) in [5.41, 5.74) is 2.12. The van der Waals surface area contributed by atoms with Crippen LogP contribution >= 0.6 is 8.25 Å². The topological polar surface area (TPSA) is 88.9 Å². The van der Waals surface area contributed by atoms with E-state index in [1.54, 1.807) is 37.5 Å². The molecule has 1 heterocycles. The summed E-state index contributed by atoms with van der Waals surface area (Å²) in [5, 5.41) is 9.89. The third-order valence-corrected chi connectivity index (χ3v) is 3.68. The van der Waals surface area contributed by atoms with Crippen LogP contribution in [0.3, 0.4) is 0 Å². The molecule has 0 bridgehead atoms. The van der Waals surface area contributed by atoms with E-state index in [9.17, 15) is 9.67 Å². The monoisotopic (exact) mass is 322 g/mol. The van der Waals surface area contributed by atoms with Crippen molar-refractivity contribution in [2.75, 3.05) is 7.11 Å². The summed E-state index contributed by atoms with van der Waals surface area (Å²) in [5.74, 6) is 0.336. The highest BCUT2D eigenvalue weighted by Crippen LogP contribution is 2.37. The Balaban J connectivity index is 2.37. The van der Waals surface area contributed by atoms with Crippen molar-refractivity contribution in [3.63, 3.8) is 0 Å². The predicted molar refractivity (Wildman–Crippen MR) is 81.0 cm³/mol. The van der Waals surface area contributed by atoms with E-state index >= 15 is 0 Å². The predicted octanol–water partition coefficient (Wildman–Crippen LogP) is 3.05. The smallest absolute Gasteiger partial charge is 0.504 e. The van der Waals surface area contributed by atoms with Crippen molar-refractivity contribution in [3.8, 4) is 11.5 Å². The van der Waals surface area contributed by atoms with Crippen molar-refractivity contribution >= 4 is 8.25 Å². The van der Waals surface area contributed by atoms with Crippen molar-refractivity contribution < 1.29 is 23.8 Å². The average Bonchev–Trinajstić information content (AvgIpc) is 2.50. The van der Waals surface area contributed by atoms with Gasteiger partial charge in [-0.1, -0.05) is 6.07 Å². The number of pyridine rings is 1. The lowest BCUT2D eigenvalue weighted by molar-refractivity contribution is 0.191. The Morgan fingerprint density at radius 3 is 2.77 bits per heavy atom. The van der Waals surface area contributed by atoms with Gasteiger partial charge in [0.25, 0.3) is 0 Å². The van der Waals surface area contributed by atoms with E-state index in [2.05, 4.69) is 4.98 Å². The van der Waals surface area contributed by atoms with Gasteiger partial charge in [0.05, 0.1) is 7.11 Å². The van der Waals surface area contributed by atoms with Crippen LogP contribution in [0, 0.1) is 6.92 Å². The molecule has 0 radical (unpaired) electrons. The Kier molecular flexibility index (Phi) is 5.44. The summed E-state index contributed by atoms with van der Waals surface area (Å²) in [6.45, 7) is 1.72. The van der Waals surface area contributed by atoms with Gasteiger partial charge in [-0.3, -0.25) is 4.98 Å². The van der Waals surface area contributed by atoms with Gasteiger partial charge < -0.3 is 9.84 Å². The van der Waals surface area contributed by atoms with Crippen LogP contribution in [0.1, 0.15) is 22.8 Å². The molecule has 22 heavy (non-hydrogen) atoms. The van der Waals surface area contributed by atoms with Crippen LogP contribution in [0.25, 0.3) is 0 Å². The minimum atomic E-state index is -2.76. The molecule has 116 valence electrons. The second-order valence-electron chi connectivity index (χ2n) is 4.79. The molecule has 2 rings (SSSR count). The van der Waals surface area contributed by atoms with Crippen LogP contribution in [0.15, 0.2) is 36.7 Å². The quantitative estimate of drug-likeness (QED) is 0.795. The molecule has 0 amide bonds. The second-order valence-corrected chi connectivity index (χ2v) is 5.47. The van der Waals surface area contributed by atoms with E-state index in [0.717, 1.165) is 5.56 Å². The van der Waals surface area contributed by atoms with Crippen LogP contribution in [-0.2, 0) is 15.5 Å². The number of aromatic hydroxyl groups is 1. The number of nitrogens with zero attached hydrogens (tertiary/aromatic N) is 1. The minimum Gasteiger partial charge on any atom is -0.504 e. The molecular formula is C15H17NO5P+. The SMILES string of the molecule is COc1cc(C(Cc2cccnc2)O[P+](=O)O)cc(C)c1O. The standard InChI is InChI=1S/C15H16NO5P/c1-10-6-12(8-14(20-2)15(10)17)13(21-22(18)19)7-11-4-3-5-16-9-11/h3-6,8-9,13H,7H2,1-2H3,(H-,17,18,19)/p+1. The molecule has 0 spiro atoms. The molecule has 2 unspecified atom stereocenters. The first-order valence-electron chi connectivity index (χ1n) is 6.60. The molecule has 1 aromatic heterocycles. The largest absolute Gasteiger partial charge is 0.695 e. The number of benzene rings is 1. The third kappa shape index (κ3) is 4.01. The van der Waals surface area contributed by atoms with Crippen LogP contribution in [0.2, 0.25) is 0 Å². The highest BCUT2D eigenvalue weighted by molar-refractivity contribution is 7.32. The molecule has 1 aromatic carbocycles. The third-order valence-electron chi connectivity index (χ3n) is 3.24. The maximum absolute atomic E-state index is 11.1. The lowest BCUT2D eigenvalue weighted by atomic mass is 10.00. The number of ether oxygens (including phenoxy) is 1. The highest BCUT2D eigenvalue weighted by atomic mass is 31.1. The maximum atomic E-state index is 11.1. The Hall–Kier alpha value is -2.01. The van der Waals surface area contributed by atoms with Gasteiger partial charge in [0.2, 0.25) is 0 Å². The van der Waals surface area contributed by atoms with Gasteiger partial charge in [-0.25, -0.2) is 0 Å².